The molecular formula is C20H21N5O4S. The fourth-order valence-electron chi connectivity index (χ4n) is 3.30. The first-order valence-electron chi connectivity index (χ1n) is 9.46. The van der Waals surface area contributed by atoms with E-state index in [1.807, 2.05) is 12.1 Å². The molecule has 1 aliphatic rings. The zero-order chi connectivity index (χ0) is 20.9. The predicted octanol–water partition coefficient (Wildman–Crippen LogP) is 3.36. The van der Waals surface area contributed by atoms with Gasteiger partial charge in [-0.3, -0.25) is 10.1 Å². The molecule has 3 aromatic rings. The summed E-state index contributed by atoms with van der Waals surface area (Å²) in [6, 6.07) is 14.4. The summed E-state index contributed by atoms with van der Waals surface area (Å²) in [4.78, 5) is 14.8. The summed E-state index contributed by atoms with van der Waals surface area (Å²) >= 11 is 1.12. The predicted molar refractivity (Wildman–Crippen MR) is 115 cm³/mol. The van der Waals surface area contributed by atoms with Crippen molar-refractivity contribution in [2.45, 2.75) is 6.61 Å². The Morgan fingerprint density at radius 2 is 1.67 bits per heavy atom. The lowest BCUT2D eigenvalue weighted by atomic mass is 10.2. The van der Waals surface area contributed by atoms with E-state index >= 15 is 0 Å². The van der Waals surface area contributed by atoms with Gasteiger partial charge in [-0.2, -0.15) is 4.37 Å². The average molecular weight is 427 g/mol. The van der Waals surface area contributed by atoms with Crippen molar-refractivity contribution < 1.29 is 14.4 Å². The minimum atomic E-state index is -0.418. The van der Waals surface area contributed by atoms with Crippen LogP contribution in [-0.4, -0.2) is 47.0 Å². The summed E-state index contributed by atoms with van der Waals surface area (Å²) in [7, 11) is 1.66. The van der Waals surface area contributed by atoms with Gasteiger partial charge in [-0.25, -0.2) is 0 Å². The van der Waals surface area contributed by atoms with Gasteiger partial charge in [-0.05, 0) is 42.0 Å². The van der Waals surface area contributed by atoms with Gasteiger partial charge in [0.05, 0.1) is 23.8 Å². The Balaban J connectivity index is 1.34. The summed E-state index contributed by atoms with van der Waals surface area (Å²) in [6.45, 7) is 3.64. The number of anilines is 2. The Kier molecular flexibility index (Phi) is 5.94. The first kappa shape index (κ1) is 19.9. The van der Waals surface area contributed by atoms with E-state index in [1.165, 1.54) is 17.8 Å². The van der Waals surface area contributed by atoms with Crippen molar-refractivity contribution in [1.82, 2.24) is 8.75 Å². The Morgan fingerprint density at radius 1 is 1.00 bits per heavy atom. The Labute approximate surface area is 177 Å². The Bertz CT molecular complexity index is 985. The number of ether oxygens (including phenoxy) is 2. The lowest BCUT2D eigenvalue weighted by molar-refractivity contribution is -0.384. The number of methoxy groups -OCH3 is 1. The summed E-state index contributed by atoms with van der Waals surface area (Å²) in [5, 5.41) is 10.8. The van der Waals surface area contributed by atoms with Crippen molar-refractivity contribution in [2.24, 2.45) is 0 Å². The molecule has 1 saturated heterocycles. The van der Waals surface area contributed by atoms with E-state index in [1.54, 1.807) is 19.2 Å². The molecule has 2 aromatic carbocycles. The molecule has 4 rings (SSSR count). The van der Waals surface area contributed by atoms with Crippen LogP contribution in [0.25, 0.3) is 0 Å². The maximum absolute atomic E-state index is 10.8. The highest BCUT2D eigenvalue weighted by molar-refractivity contribution is 6.99. The number of nitro groups is 1. The molecule has 30 heavy (non-hydrogen) atoms. The number of non-ortho nitro benzene ring substituents is 1. The molecule has 9 nitrogen and oxygen atoms in total. The smallest absolute Gasteiger partial charge is 0.271 e. The van der Waals surface area contributed by atoms with Crippen molar-refractivity contribution in [3.8, 4) is 11.6 Å². The molecule has 0 unspecified atom stereocenters. The van der Waals surface area contributed by atoms with Gasteiger partial charge in [0.25, 0.3) is 11.6 Å². The monoisotopic (exact) mass is 427 g/mol. The number of hydrogen-bond acceptors (Lipinski definition) is 9. The number of hydrogen-bond donors (Lipinski definition) is 0. The molecule has 0 saturated carbocycles. The second-order valence-electron chi connectivity index (χ2n) is 6.78. The number of nitrogens with zero attached hydrogens (tertiary/aromatic N) is 5. The third-order valence-electron chi connectivity index (χ3n) is 4.98. The molecule has 0 bridgehead atoms. The van der Waals surface area contributed by atoms with Crippen molar-refractivity contribution in [3.05, 3.63) is 64.2 Å². The molecule has 0 aliphatic carbocycles. The van der Waals surface area contributed by atoms with Crippen LogP contribution in [0.5, 0.6) is 11.6 Å². The van der Waals surface area contributed by atoms with Gasteiger partial charge in [-0.1, -0.05) is 0 Å². The molecule has 1 aromatic heterocycles. The Hall–Kier alpha value is -3.40. The minimum absolute atomic E-state index is 0.0597. The maximum atomic E-state index is 10.8. The van der Waals surface area contributed by atoms with Gasteiger partial charge < -0.3 is 19.3 Å². The zero-order valence-electron chi connectivity index (χ0n) is 16.4. The SMILES string of the molecule is COc1ccc(N2CCN(c3nsnc3OCc3ccc([N+](=O)[O-])cc3)CC2)cc1. The van der Waals surface area contributed by atoms with Crippen LogP contribution >= 0.6 is 11.7 Å². The first-order chi connectivity index (χ1) is 14.6. The van der Waals surface area contributed by atoms with Crippen molar-refractivity contribution in [1.29, 1.82) is 0 Å². The lowest BCUT2D eigenvalue weighted by Crippen LogP contribution is -2.46. The quantitative estimate of drug-likeness (QED) is 0.419. The van der Waals surface area contributed by atoms with Crippen molar-refractivity contribution in [2.75, 3.05) is 43.1 Å². The number of nitro benzene ring substituents is 1. The minimum Gasteiger partial charge on any atom is -0.497 e. The van der Waals surface area contributed by atoms with Crippen LogP contribution < -0.4 is 19.3 Å². The van der Waals surface area contributed by atoms with Crippen LogP contribution in [-0.2, 0) is 6.61 Å². The van der Waals surface area contributed by atoms with Gasteiger partial charge >= 0.3 is 0 Å². The highest BCUT2D eigenvalue weighted by Crippen LogP contribution is 2.29. The molecular weight excluding hydrogens is 406 g/mol. The van der Waals surface area contributed by atoms with Crippen LogP contribution in [0.3, 0.4) is 0 Å². The maximum Gasteiger partial charge on any atom is 0.271 e. The summed E-state index contributed by atoms with van der Waals surface area (Å²) in [5.41, 5.74) is 2.06. The standard InChI is InChI=1S/C20H21N5O4S/c1-28-18-8-6-16(7-9-18)23-10-12-24(13-11-23)19-20(22-30-21-19)29-14-15-2-4-17(5-3-15)25(26)27/h2-9H,10-14H2,1H3. The molecule has 0 radical (unpaired) electrons. The van der Waals surface area contributed by atoms with Gasteiger partial charge in [0.1, 0.15) is 12.4 Å². The van der Waals surface area contributed by atoms with Crippen LogP contribution in [0.15, 0.2) is 48.5 Å². The van der Waals surface area contributed by atoms with E-state index in [2.05, 4.69) is 30.7 Å². The molecule has 156 valence electrons. The van der Waals surface area contributed by atoms with Gasteiger partial charge in [0, 0.05) is 44.0 Å². The van der Waals surface area contributed by atoms with E-state index in [0.29, 0.717) is 5.88 Å². The van der Waals surface area contributed by atoms with E-state index < -0.39 is 4.92 Å². The third kappa shape index (κ3) is 4.43. The zero-order valence-corrected chi connectivity index (χ0v) is 17.2. The van der Waals surface area contributed by atoms with E-state index in [4.69, 9.17) is 9.47 Å². The normalized spacial score (nSPS) is 13.9. The highest BCUT2D eigenvalue weighted by atomic mass is 32.1. The second-order valence-corrected chi connectivity index (χ2v) is 7.31. The molecule has 0 N–H and O–H groups in total. The summed E-state index contributed by atoms with van der Waals surface area (Å²) < 4.78 is 19.8. The van der Waals surface area contributed by atoms with E-state index in [0.717, 1.165) is 55.0 Å². The number of aromatic nitrogens is 2. The molecule has 0 spiro atoms. The number of rotatable bonds is 7. The van der Waals surface area contributed by atoms with E-state index in [-0.39, 0.29) is 12.3 Å². The number of piperazine rings is 1. The summed E-state index contributed by atoms with van der Waals surface area (Å²) in [6.07, 6.45) is 0. The summed E-state index contributed by atoms with van der Waals surface area (Å²) in [5.74, 6) is 2.09. The average Bonchev–Trinajstić information content (AvgIpc) is 3.27. The number of benzene rings is 2. The molecule has 0 atom stereocenters. The van der Waals surface area contributed by atoms with Crippen LogP contribution in [0.1, 0.15) is 5.56 Å². The van der Waals surface area contributed by atoms with Gasteiger partial charge in [0.2, 0.25) is 5.82 Å². The second kappa shape index (κ2) is 8.95. The van der Waals surface area contributed by atoms with Crippen molar-refractivity contribution >= 4 is 28.9 Å². The van der Waals surface area contributed by atoms with Gasteiger partial charge in [0.15, 0.2) is 0 Å². The van der Waals surface area contributed by atoms with E-state index in [9.17, 15) is 10.1 Å². The highest BCUT2D eigenvalue weighted by Gasteiger charge is 2.23. The van der Waals surface area contributed by atoms with Crippen molar-refractivity contribution in [3.63, 3.8) is 0 Å². The van der Waals surface area contributed by atoms with Crippen LogP contribution in [0, 0.1) is 10.1 Å². The first-order valence-corrected chi connectivity index (χ1v) is 10.2. The fraction of sp³-hybridized carbons (Fsp3) is 0.300. The molecule has 10 heteroatoms. The third-order valence-corrected chi connectivity index (χ3v) is 5.48. The molecule has 1 aliphatic heterocycles. The van der Waals surface area contributed by atoms with Crippen LogP contribution in [0.2, 0.25) is 0 Å². The molecule has 1 fully saturated rings. The van der Waals surface area contributed by atoms with Crippen LogP contribution in [0.4, 0.5) is 17.2 Å². The van der Waals surface area contributed by atoms with Gasteiger partial charge in [-0.15, -0.1) is 4.37 Å². The Morgan fingerprint density at radius 3 is 2.30 bits per heavy atom. The fourth-order valence-corrected chi connectivity index (χ4v) is 3.82. The largest absolute Gasteiger partial charge is 0.497 e. The lowest BCUT2D eigenvalue weighted by Gasteiger charge is -2.36. The molecule has 2 heterocycles. The topological polar surface area (TPSA) is 93.9 Å². The molecule has 0 amide bonds.